The van der Waals surface area contributed by atoms with Crippen molar-refractivity contribution < 1.29 is 9.53 Å². The summed E-state index contributed by atoms with van der Waals surface area (Å²) in [6.07, 6.45) is 1.69. The molecule has 0 fully saturated rings. The molecule has 2 heterocycles. The van der Waals surface area contributed by atoms with Gasteiger partial charge in [-0.2, -0.15) is 5.10 Å². The maximum Gasteiger partial charge on any atom is 0.220 e. The van der Waals surface area contributed by atoms with E-state index >= 15 is 0 Å². The number of carbonyl (C=O) groups excluding carboxylic acids is 1. The average molecular weight is 195 g/mol. The first-order chi connectivity index (χ1) is 6.68. The highest BCUT2D eigenvalue weighted by Crippen LogP contribution is 2.23. The van der Waals surface area contributed by atoms with Crippen molar-refractivity contribution in [2.24, 2.45) is 17.6 Å². The normalized spacial score (nSPS) is 22.2. The van der Waals surface area contributed by atoms with Crippen LogP contribution >= 0.6 is 0 Å². The lowest BCUT2D eigenvalue weighted by Crippen LogP contribution is -2.36. The first-order valence-electron chi connectivity index (χ1n) is 4.62. The summed E-state index contributed by atoms with van der Waals surface area (Å²) in [5.74, 6) is 0.430. The Morgan fingerprint density at radius 2 is 2.64 bits per heavy atom. The van der Waals surface area contributed by atoms with Gasteiger partial charge >= 0.3 is 0 Å². The summed E-state index contributed by atoms with van der Waals surface area (Å²) in [6.45, 7) is 3.06. The van der Waals surface area contributed by atoms with Crippen LogP contribution in [0.15, 0.2) is 12.3 Å². The number of fused-ring (bicyclic) bond motifs is 1. The van der Waals surface area contributed by atoms with Gasteiger partial charge in [-0.05, 0) is 0 Å². The number of rotatable bonds is 2. The lowest BCUT2D eigenvalue weighted by atomic mass is 9.93. The van der Waals surface area contributed by atoms with Gasteiger partial charge in [-0.25, -0.2) is 4.68 Å². The number of hydrogen-bond donors (Lipinski definition) is 1. The Morgan fingerprint density at radius 3 is 3.36 bits per heavy atom. The van der Waals surface area contributed by atoms with Crippen LogP contribution in [0.3, 0.4) is 0 Å². The Morgan fingerprint density at radius 1 is 1.86 bits per heavy atom. The van der Waals surface area contributed by atoms with Gasteiger partial charge in [0, 0.05) is 17.9 Å². The van der Waals surface area contributed by atoms with Crippen LogP contribution in [0.25, 0.3) is 0 Å². The van der Waals surface area contributed by atoms with Gasteiger partial charge in [-0.1, -0.05) is 6.92 Å². The average Bonchev–Trinajstić information content (AvgIpc) is 2.62. The molecule has 0 saturated carbocycles. The van der Waals surface area contributed by atoms with E-state index in [0.29, 0.717) is 13.2 Å². The van der Waals surface area contributed by atoms with Gasteiger partial charge < -0.3 is 10.5 Å². The van der Waals surface area contributed by atoms with Crippen LogP contribution in [0.4, 0.5) is 0 Å². The number of aromatic nitrogens is 2. The molecule has 0 radical (unpaired) electrons. The summed E-state index contributed by atoms with van der Waals surface area (Å²) in [5, 5.41) is 4.09. The summed E-state index contributed by atoms with van der Waals surface area (Å²) in [7, 11) is 0. The van der Waals surface area contributed by atoms with Crippen molar-refractivity contribution in [3.8, 4) is 5.88 Å². The molecule has 0 bridgehead atoms. The molecule has 2 rings (SSSR count). The largest absolute Gasteiger partial charge is 0.477 e. The number of primary amides is 1. The van der Waals surface area contributed by atoms with Crippen LogP contribution in [-0.2, 0) is 11.3 Å². The predicted octanol–water partition coefficient (Wildman–Crippen LogP) is 0.0131. The predicted molar refractivity (Wildman–Crippen MR) is 49.6 cm³/mol. The van der Waals surface area contributed by atoms with Crippen molar-refractivity contribution >= 4 is 5.91 Å². The van der Waals surface area contributed by atoms with Crippen LogP contribution in [0.1, 0.15) is 6.92 Å². The third kappa shape index (κ3) is 1.45. The molecular formula is C9H13N3O2. The van der Waals surface area contributed by atoms with E-state index < -0.39 is 0 Å². The number of nitrogens with zero attached hydrogens (tertiary/aromatic N) is 2. The minimum absolute atomic E-state index is 0.125. The van der Waals surface area contributed by atoms with E-state index in [-0.39, 0.29) is 17.7 Å². The van der Waals surface area contributed by atoms with Crippen LogP contribution in [0.5, 0.6) is 5.88 Å². The number of hydrogen-bond acceptors (Lipinski definition) is 3. The fourth-order valence-electron chi connectivity index (χ4n) is 1.58. The summed E-state index contributed by atoms with van der Waals surface area (Å²) >= 11 is 0. The Balaban J connectivity index is 2.11. The Hall–Kier alpha value is -1.52. The molecule has 2 unspecified atom stereocenters. The van der Waals surface area contributed by atoms with Crippen molar-refractivity contribution in [2.45, 2.75) is 13.5 Å². The van der Waals surface area contributed by atoms with E-state index in [9.17, 15) is 4.79 Å². The monoisotopic (exact) mass is 195 g/mol. The molecule has 2 N–H and O–H groups in total. The smallest absolute Gasteiger partial charge is 0.220 e. The van der Waals surface area contributed by atoms with Crippen molar-refractivity contribution in [3.05, 3.63) is 12.3 Å². The lowest BCUT2D eigenvalue weighted by Gasteiger charge is -2.26. The van der Waals surface area contributed by atoms with Crippen LogP contribution in [0, 0.1) is 11.8 Å². The fourth-order valence-corrected chi connectivity index (χ4v) is 1.58. The second kappa shape index (κ2) is 3.32. The maximum atomic E-state index is 11.0. The molecule has 1 aromatic rings. The highest BCUT2D eigenvalue weighted by atomic mass is 16.5. The van der Waals surface area contributed by atoms with E-state index in [1.165, 1.54) is 0 Å². The van der Waals surface area contributed by atoms with Crippen molar-refractivity contribution in [1.82, 2.24) is 9.78 Å². The summed E-state index contributed by atoms with van der Waals surface area (Å²) in [5.41, 5.74) is 5.24. The zero-order valence-corrected chi connectivity index (χ0v) is 8.01. The summed E-state index contributed by atoms with van der Waals surface area (Å²) < 4.78 is 7.20. The van der Waals surface area contributed by atoms with Crippen molar-refractivity contribution in [2.75, 3.05) is 6.61 Å². The molecule has 1 amide bonds. The second-order valence-electron chi connectivity index (χ2n) is 3.61. The van der Waals surface area contributed by atoms with E-state index in [1.807, 2.05) is 13.0 Å². The number of nitrogens with two attached hydrogens (primary N) is 1. The Kier molecular flexibility index (Phi) is 2.15. The molecule has 1 aliphatic rings. The van der Waals surface area contributed by atoms with Gasteiger partial charge in [0.1, 0.15) is 0 Å². The molecule has 14 heavy (non-hydrogen) atoms. The molecule has 1 aliphatic heterocycles. The minimum Gasteiger partial charge on any atom is -0.477 e. The third-order valence-corrected chi connectivity index (χ3v) is 2.69. The fraction of sp³-hybridized carbons (Fsp3) is 0.556. The summed E-state index contributed by atoms with van der Waals surface area (Å²) in [4.78, 5) is 11.0. The van der Waals surface area contributed by atoms with Crippen molar-refractivity contribution in [1.29, 1.82) is 0 Å². The molecule has 0 aliphatic carbocycles. The van der Waals surface area contributed by atoms with Gasteiger partial charge in [-0.15, -0.1) is 0 Å². The minimum atomic E-state index is -0.283. The van der Waals surface area contributed by atoms with Gasteiger partial charge in [0.2, 0.25) is 11.8 Å². The van der Waals surface area contributed by atoms with Crippen molar-refractivity contribution in [3.63, 3.8) is 0 Å². The molecule has 0 aromatic carbocycles. The van der Waals surface area contributed by atoms with Crippen LogP contribution < -0.4 is 10.5 Å². The highest BCUT2D eigenvalue weighted by molar-refractivity contribution is 5.76. The standard InChI is InChI=1S/C9H13N3O2/c1-6(9(10)13)7-4-12-8(14-5-7)2-3-11-12/h2-3,6-7H,4-5H2,1H3,(H2,10,13). The van der Waals surface area contributed by atoms with Crippen LogP contribution in [-0.4, -0.2) is 22.3 Å². The van der Waals surface area contributed by atoms with Gasteiger partial charge in [-0.3, -0.25) is 4.79 Å². The molecule has 5 heteroatoms. The van der Waals surface area contributed by atoms with Gasteiger partial charge in [0.15, 0.2) is 0 Å². The Labute approximate surface area is 81.8 Å². The highest BCUT2D eigenvalue weighted by Gasteiger charge is 2.27. The van der Waals surface area contributed by atoms with E-state index in [0.717, 1.165) is 5.88 Å². The van der Waals surface area contributed by atoms with Crippen LogP contribution in [0.2, 0.25) is 0 Å². The molecular weight excluding hydrogens is 182 g/mol. The SMILES string of the molecule is CC(C(N)=O)C1COc2ccnn2C1. The van der Waals surface area contributed by atoms with E-state index in [4.69, 9.17) is 10.5 Å². The molecule has 0 saturated heterocycles. The second-order valence-corrected chi connectivity index (χ2v) is 3.61. The molecule has 76 valence electrons. The topological polar surface area (TPSA) is 70.1 Å². The van der Waals surface area contributed by atoms with E-state index in [2.05, 4.69) is 5.10 Å². The molecule has 5 nitrogen and oxygen atoms in total. The first-order valence-corrected chi connectivity index (χ1v) is 4.62. The molecule has 1 aromatic heterocycles. The Bertz CT molecular complexity index is 348. The maximum absolute atomic E-state index is 11.0. The van der Waals surface area contributed by atoms with E-state index in [1.54, 1.807) is 10.9 Å². The lowest BCUT2D eigenvalue weighted by molar-refractivity contribution is -0.123. The number of amides is 1. The van der Waals surface area contributed by atoms with Gasteiger partial charge in [0.25, 0.3) is 0 Å². The zero-order valence-electron chi connectivity index (χ0n) is 8.01. The third-order valence-electron chi connectivity index (χ3n) is 2.69. The number of ether oxygens (including phenoxy) is 1. The van der Waals surface area contributed by atoms with Gasteiger partial charge in [0.05, 0.1) is 19.3 Å². The quantitative estimate of drug-likeness (QED) is 0.722. The number of carbonyl (C=O) groups is 1. The molecule has 0 spiro atoms. The first kappa shape index (κ1) is 9.05. The summed E-state index contributed by atoms with van der Waals surface area (Å²) in [6, 6.07) is 1.81. The zero-order chi connectivity index (χ0) is 10.1. The molecule has 2 atom stereocenters.